The predicted molar refractivity (Wildman–Crippen MR) is 259 cm³/mol. The molecule has 5 heteroatoms. The topological polar surface area (TPSA) is 35.9 Å². The van der Waals surface area contributed by atoms with Crippen LogP contribution in [0.15, 0.2) is 170 Å². The first-order chi connectivity index (χ1) is 30.0. The van der Waals surface area contributed by atoms with Crippen LogP contribution in [0.2, 0.25) is 0 Å². The van der Waals surface area contributed by atoms with Crippen molar-refractivity contribution < 1.29 is 9.30 Å². The third-order valence-electron chi connectivity index (χ3n) is 13.0. The first-order valence-electron chi connectivity index (χ1n) is 22.1. The van der Waals surface area contributed by atoms with Gasteiger partial charge in [-0.05, 0) is 111 Å². The number of aromatic nitrogens is 4. The van der Waals surface area contributed by atoms with E-state index in [9.17, 15) is 0 Å². The molecule has 3 aromatic heterocycles. The van der Waals surface area contributed by atoms with Crippen LogP contribution in [0.25, 0.3) is 39.0 Å². The highest BCUT2D eigenvalue weighted by Crippen LogP contribution is 2.40. The highest BCUT2D eigenvalue weighted by Gasteiger charge is 2.27. The van der Waals surface area contributed by atoms with E-state index in [-0.39, 0.29) is 21.7 Å². The molecule has 0 atom stereocenters. The lowest BCUT2D eigenvalue weighted by atomic mass is 9.78. The van der Waals surface area contributed by atoms with Crippen molar-refractivity contribution in [2.24, 2.45) is 0 Å². The second-order valence-corrected chi connectivity index (χ2v) is 20.1. The summed E-state index contributed by atoms with van der Waals surface area (Å²) in [5.74, 6) is 2.39. The number of hydrogen-bond donors (Lipinski definition) is 0. The lowest BCUT2D eigenvalue weighted by molar-refractivity contribution is -0.599. The van der Waals surface area contributed by atoms with Crippen LogP contribution in [0.1, 0.15) is 103 Å². The Morgan fingerprint density at radius 1 is 0.492 bits per heavy atom. The Bertz CT molecular complexity index is 3100. The van der Waals surface area contributed by atoms with E-state index in [2.05, 4.69) is 253 Å². The molecule has 63 heavy (non-hydrogen) atoms. The summed E-state index contributed by atoms with van der Waals surface area (Å²) in [6, 6.07) is 54.4. The molecule has 0 aliphatic rings. The molecule has 0 fully saturated rings. The van der Waals surface area contributed by atoms with Crippen LogP contribution in [0.5, 0.6) is 11.5 Å². The fourth-order valence-electron chi connectivity index (χ4n) is 8.75. The third-order valence-corrected chi connectivity index (χ3v) is 13.0. The van der Waals surface area contributed by atoms with Crippen molar-refractivity contribution in [3.05, 3.63) is 210 Å². The SMILES string of the molecule is CC(C)(C)c1ccnc(-n2c3ccc(C(C)(C)C)cc3c3ccc(Oc4cc(-n5[c-][n+](-c6cccc(C(C)(C)c7ccccc7)c6)cc5)cc(C(C)(C)c5ccccc5)c4)cc32)c1. The van der Waals surface area contributed by atoms with Crippen LogP contribution >= 0.6 is 0 Å². The average molecular weight is 827 g/mol. The van der Waals surface area contributed by atoms with E-state index < -0.39 is 0 Å². The summed E-state index contributed by atoms with van der Waals surface area (Å²) in [5.41, 5.74) is 11.1. The molecule has 0 saturated carbocycles. The molecule has 3 heterocycles. The van der Waals surface area contributed by atoms with E-state index in [1.165, 1.54) is 33.2 Å². The van der Waals surface area contributed by atoms with Crippen LogP contribution in [0, 0.1) is 6.33 Å². The minimum absolute atomic E-state index is 0.00601. The molecule has 5 nitrogen and oxygen atoms in total. The summed E-state index contributed by atoms with van der Waals surface area (Å²) in [5, 5.41) is 2.36. The van der Waals surface area contributed by atoms with Crippen molar-refractivity contribution in [3.8, 4) is 28.7 Å². The van der Waals surface area contributed by atoms with Gasteiger partial charge in [-0.15, -0.1) is 0 Å². The van der Waals surface area contributed by atoms with Gasteiger partial charge in [0.15, 0.2) is 0 Å². The summed E-state index contributed by atoms with van der Waals surface area (Å²) >= 11 is 0. The molecule has 0 spiro atoms. The Morgan fingerprint density at radius 3 is 1.83 bits per heavy atom. The molecule has 6 aromatic carbocycles. The number of fused-ring (bicyclic) bond motifs is 3. The molecular weight excluding hydrogens is 769 g/mol. The van der Waals surface area contributed by atoms with E-state index in [1.54, 1.807) is 0 Å². The number of ether oxygens (including phenoxy) is 1. The maximum atomic E-state index is 6.98. The number of nitrogens with zero attached hydrogens (tertiary/aromatic N) is 4. The van der Waals surface area contributed by atoms with Crippen molar-refractivity contribution in [3.63, 3.8) is 0 Å². The van der Waals surface area contributed by atoms with Gasteiger partial charge in [-0.1, -0.05) is 148 Å². The molecule has 0 aliphatic heterocycles. The third kappa shape index (κ3) is 7.97. The number of benzene rings is 6. The number of imidazole rings is 1. The van der Waals surface area contributed by atoms with E-state index in [0.29, 0.717) is 0 Å². The molecule has 0 bridgehead atoms. The van der Waals surface area contributed by atoms with Gasteiger partial charge < -0.3 is 4.74 Å². The fraction of sp³-hybridized carbons (Fsp3) is 0.241. The zero-order valence-electron chi connectivity index (χ0n) is 38.4. The maximum absolute atomic E-state index is 6.98. The van der Waals surface area contributed by atoms with Crippen molar-refractivity contribution in [1.82, 2.24) is 14.1 Å². The first-order valence-corrected chi connectivity index (χ1v) is 22.1. The van der Waals surface area contributed by atoms with Gasteiger partial charge in [0.1, 0.15) is 17.3 Å². The predicted octanol–water partition coefficient (Wildman–Crippen LogP) is 14.1. The molecule has 0 aliphatic carbocycles. The zero-order chi connectivity index (χ0) is 44.3. The molecule has 316 valence electrons. The first kappa shape index (κ1) is 41.6. The fourth-order valence-corrected chi connectivity index (χ4v) is 8.75. The molecule has 0 radical (unpaired) electrons. The summed E-state index contributed by atoms with van der Waals surface area (Å²) in [6.45, 7) is 22.7. The Kier molecular flexibility index (Phi) is 10.3. The normalized spacial score (nSPS) is 12.6. The van der Waals surface area contributed by atoms with Gasteiger partial charge in [-0.25, -0.2) is 4.98 Å². The molecule has 0 N–H and O–H groups in total. The summed E-state index contributed by atoms with van der Waals surface area (Å²) in [4.78, 5) is 4.96. The van der Waals surface area contributed by atoms with Crippen LogP contribution in [-0.2, 0) is 21.7 Å². The number of pyridine rings is 1. The smallest absolute Gasteiger partial charge is 0.268 e. The van der Waals surface area contributed by atoms with E-state index in [1.807, 2.05) is 6.20 Å². The minimum atomic E-state index is -0.319. The van der Waals surface area contributed by atoms with Crippen molar-refractivity contribution in [1.29, 1.82) is 0 Å². The van der Waals surface area contributed by atoms with Gasteiger partial charge in [0.25, 0.3) is 6.33 Å². The summed E-state index contributed by atoms with van der Waals surface area (Å²) < 4.78 is 13.4. The summed E-state index contributed by atoms with van der Waals surface area (Å²) in [7, 11) is 0. The second kappa shape index (κ2) is 15.6. The second-order valence-electron chi connectivity index (χ2n) is 20.1. The maximum Gasteiger partial charge on any atom is 0.268 e. The quantitative estimate of drug-likeness (QED) is 0.107. The Hall–Kier alpha value is -6.72. The Labute approximate surface area is 373 Å². The van der Waals surface area contributed by atoms with Crippen LogP contribution in [-0.4, -0.2) is 14.1 Å². The van der Waals surface area contributed by atoms with Crippen molar-refractivity contribution in [2.75, 3.05) is 0 Å². The average Bonchev–Trinajstić information content (AvgIpc) is 3.90. The van der Waals surface area contributed by atoms with Gasteiger partial charge in [-0.2, -0.15) is 0 Å². The standard InChI is InChI=1S/C58H58N4O/c1-55(2,3)42-24-27-52-51(35-42)50-26-25-48(38-53(50)62(52)54-36-43(28-29-59-54)56(4,5)6)63-49-34-45(58(9,10)41-20-15-12-16-21-41)33-47(37-49)61-31-30-60(39-61)46-23-17-22-44(32-46)57(7,8)40-18-13-11-14-19-40/h11-38H,1-10H3. The minimum Gasteiger partial charge on any atom is -0.458 e. The Balaban J connectivity index is 1.15. The molecular formula is C58H58N4O. The number of rotatable bonds is 9. The van der Waals surface area contributed by atoms with Gasteiger partial charge in [-0.3, -0.25) is 13.7 Å². The molecule has 0 amide bonds. The zero-order valence-corrected chi connectivity index (χ0v) is 38.4. The molecule has 9 aromatic rings. The molecule has 0 unspecified atom stereocenters. The monoisotopic (exact) mass is 826 g/mol. The van der Waals surface area contributed by atoms with Gasteiger partial charge >= 0.3 is 0 Å². The van der Waals surface area contributed by atoms with Crippen LogP contribution in [0.3, 0.4) is 0 Å². The summed E-state index contributed by atoms with van der Waals surface area (Å²) in [6.07, 6.45) is 9.72. The molecule has 9 rings (SSSR count). The van der Waals surface area contributed by atoms with Crippen molar-refractivity contribution in [2.45, 2.75) is 90.9 Å². The van der Waals surface area contributed by atoms with Crippen LogP contribution in [0.4, 0.5) is 0 Å². The van der Waals surface area contributed by atoms with E-state index >= 15 is 0 Å². The number of hydrogen-bond acceptors (Lipinski definition) is 2. The largest absolute Gasteiger partial charge is 0.458 e. The van der Waals surface area contributed by atoms with Gasteiger partial charge in [0, 0.05) is 46.3 Å². The molecule has 0 saturated heterocycles. The van der Waals surface area contributed by atoms with E-state index in [4.69, 9.17) is 9.72 Å². The lowest BCUT2D eigenvalue weighted by Crippen LogP contribution is -2.29. The van der Waals surface area contributed by atoms with Crippen LogP contribution < -0.4 is 9.30 Å². The lowest BCUT2D eigenvalue weighted by Gasteiger charge is -2.27. The Morgan fingerprint density at radius 2 is 1.14 bits per heavy atom. The van der Waals surface area contributed by atoms with Crippen molar-refractivity contribution >= 4 is 21.8 Å². The van der Waals surface area contributed by atoms with E-state index in [0.717, 1.165) is 50.7 Å². The highest BCUT2D eigenvalue weighted by atomic mass is 16.5. The highest BCUT2D eigenvalue weighted by molar-refractivity contribution is 6.09. The van der Waals surface area contributed by atoms with Gasteiger partial charge in [0.05, 0.1) is 22.4 Å². The van der Waals surface area contributed by atoms with Gasteiger partial charge in [0.2, 0.25) is 0 Å².